The minimum Gasteiger partial charge on any atom is -0.355 e. The van der Waals surface area contributed by atoms with E-state index in [1.54, 1.807) is 18.2 Å². The summed E-state index contributed by atoms with van der Waals surface area (Å²) in [7, 11) is 0. The van der Waals surface area contributed by atoms with E-state index in [4.69, 9.17) is 23.2 Å². The Morgan fingerprint density at radius 1 is 1.12 bits per heavy atom. The number of hydrogen-bond acceptors (Lipinski definition) is 3. The van der Waals surface area contributed by atoms with Crippen molar-refractivity contribution in [3.63, 3.8) is 0 Å². The first-order valence-electron chi connectivity index (χ1n) is 7.67. The van der Waals surface area contributed by atoms with E-state index in [9.17, 15) is 9.59 Å². The predicted molar refractivity (Wildman–Crippen MR) is 97.9 cm³/mol. The molecule has 1 fully saturated rings. The zero-order chi connectivity index (χ0) is 17.8. The van der Waals surface area contributed by atoms with Crippen molar-refractivity contribution in [2.75, 3.05) is 6.54 Å². The van der Waals surface area contributed by atoms with E-state index in [1.165, 1.54) is 6.21 Å². The van der Waals surface area contributed by atoms with Crippen LogP contribution in [0, 0.1) is 5.92 Å². The van der Waals surface area contributed by atoms with Crippen molar-refractivity contribution in [3.05, 3.63) is 69.7 Å². The molecular weight excluding hydrogens is 361 g/mol. The second-order valence-corrected chi connectivity index (χ2v) is 6.42. The minimum absolute atomic E-state index is 0.229. The summed E-state index contributed by atoms with van der Waals surface area (Å²) in [6.45, 7) is 0.418. The zero-order valence-corrected chi connectivity index (χ0v) is 14.6. The van der Waals surface area contributed by atoms with Gasteiger partial charge in [-0.15, -0.1) is 0 Å². The minimum atomic E-state index is -0.832. The highest BCUT2D eigenvalue weighted by Gasteiger charge is 2.40. The van der Waals surface area contributed by atoms with Gasteiger partial charge >= 0.3 is 0 Å². The first-order chi connectivity index (χ1) is 12.1. The van der Waals surface area contributed by atoms with Crippen LogP contribution < -0.4 is 10.7 Å². The summed E-state index contributed by atoms with van der Waals surface area (Å²) >= 11 is 12.1. The van der Waals surface area contributed by atoms with Crippen LogP contribution in [0.5, 0.6) is 0 Å². The first kappa shape index (κ1) is 17.5. The topological polar surface area (TPSA) is 70.6 Å². The Morgan fingerprint density at radius 2 is 1.80 bits per heavy atom. The van der Waals surface area contributed by atoms with Crippen LogP contribution in [0.2, 0.25) is 10.0 Å². The molecular formula is C18H15Cl2N3O2. The molecule has 5 nitrogen and oxygen atoms in total. The van der Waals surface area contributed by atoms with Crippen molar-refractivity contribution in [1.29, 1.82) is 0 Å². The van der Waals surface area contributed by atoms with Crippen LogP contribution in [-0.4, -0.2) is 24.6 Å². The Labute approximate surface area is 155 Å². The van der Waals surface area contributed by atoms with Crippen LogP contribution in [0.3, 0.4) is 0 Å². The Kier molecular flexibility index (Phi) is 5.36. The van der Waals surface area contributed by atoms with E-state index in [2.05, 4.69) is 15.8 Å². The van der Waals surface area contributed by atoms with Gasteiger partial charge in [0.25, 0.3) is 5.91 Å². The van der Waals surface area contributed by atoms with Gasteiger partial charge in [0.1, 0.15) is 5.92 Å². The molecule has 0 saturated carbocycles. The maximum atomic E-state index is 12.4. The average Bonchev–Trinajstić information content (AvgIpc) is 3.00. The number of hydrazone groups is 1. The van der Waals surface area contributed by atoms with Gasteiger partial charge in [0.2, 0.25) is 5.91 Å². The smallest absolute Gasteiger partial charge is 0.253 e. The number of carbonyl (C=O) groups is 2. The van der Waals surface area contributed by atoms with E-state index in [0.717, 1.165) is 5.56 Å². The van der Waals surface area contributed by atoms with Crippen molar-refractivity contribution < 1.29 is 9.59 Å². The lowest BCUT2D eigenvalue weighted by atomic mass is 9.88. The molecule has 2 amide bonds. The third kappa shape index (κ3) is 3.83. The van der Waals surface area contributed by atoms with Crippen LogP contribution in [0.15, 0.2) is 53.6 Å². The summed E-state index contributed by atoms with van der Waals surface area (Å²) in [5.74, 6) is -1.84. The first-order valence-corrected chi connectivity index (χ1v) is 8.43. The summed E-state index contributed by atoms with van der Waals surface area (Å²) in [4.78, 5) is 24.5. The summed E-state index contributed by atoms with van der Waals surface area (Å²) in [6, 6.07) is 14.5. The number of benzene rings is 2. The molecule has 0 unspecified atom stereocenters. The Hall–Kier alpha value is -2.37. The lowest BCUT2D eigenvalue weighted by Gasteiger charge is -2.15. The van der Waals surface area contributed by atoms with Crippen LogP contribution in [0.4, 0.5) is 0 Å². The molecule has 3 rings (SSSR count). The third-order valence-corrected chi connectivity index (χ3v) is 4.72. The summed E-state index contributed by atoms with van der Waals surface area (Å²) in [6.07, 6.45) is 1.37. The van der Waals surface area contributed by atoms with Crippen LogP contribution in [-0.2, 0) is 9.59 Å². The molecule has 1 aliphatic heterocycles. The number of nitrogens with zero attached hydrogens (tertiary/aromatic N) is 1. The number of hydrogen-bond donors (Lipinski definition) is 2. The maximum Gasteiger partial charge on any atom is 0.253 e. The second-order valence-electron chi connectivity index (χ2n) is 5.61. The summed E-state index contributed by atoms with van der Waals surface area (Å²) in [5, 5.41) is 7.47. The van der Waals surface area contributed by atoms with E-state index in [-0.39, 0.29) is 11.8 Å². The summed E-state index contributed by atoms with van der Waals surface area (Å²) < 4.78 is 0. The number of halogens is 2. The third-order valence-electron chi connectivity index (χ3n) is 4.06. The van der Waals surface area contributed by atoms with Gasteiger partial charge in [-0.1, -0.05) is 59.6 Å². The summed E-state index contributed by atoms with van der Waals surface area (Å²) in [5.41, 5.74) is 3.84. The van der Waals surface area contributed by atoms with Crippen LogP contribution >= 0.6 is 23.2 Å². The number of nitrogens with one attached hydrogen (secondary N) is 2. The van der Waals surface area contributed by atoms with Gasteiger partial charge in [-0.25, -0.2) is 5.43 Å². The quantitative estimate of drug-likeness (QED) is 0.489. The van der Waals surface area contributed by atoms with Crippen molar-refractivity contribution in [2.45, 2.75) is 5.92 Å². The number of carbonyl (C=O) groups excluding carboxylic acids is 2. The molecule has 7 heteroatoms. The van der Waals surface area contributed by atoms with Crippen LogP contribution in [0.25, 0.3) is 0 Å². The van der Waals surface area contributed by atoms with Gasteiger partial charge in [0, 0.05) is 18.0 Å². The van der Waals surface area contributed by atoms with E-state index in [0.29, 0.717) is 22.2 Å². The van der Waals surface area contributed by atoms with Gasteiger partial charge in [-0.2, -0.15) is 5.10 Å². The zero-order valence-electron chi connectivity index (χ0n) is 13.1. The van der Waals surface area contributed by atoms with E-state index in [1.807, 2.05) is 30.3 Å². The molecule has 2 N–H and O–H groups in total. The molecule has 0 bridgehead atoms. The SMILES string of the molecule is O=C1NC[C@@H](c2ccccc2)[C@H]1C(=O)N/N=C\c1c(Cl)cccc1Cl. The molecule has 1 aliphatic rings. The lowest BCUT2D eigenvalue weighted by Crippen LogP contribution is -2.34. The Bertz CT molecular complexity index is 804. The average molecular weight is 376 g/mol. The maximum absolute atomic E-state index is 12.4. The molecule has 0 radical (unpaired) electrons. The highest BCUT2D eigenvalue weighted by atomic mass is 35.5. The second kappa shape index (κ2) is 7.68. The highest BCUT2D eigenvalue weighted by molar-refractivity contribution is 6.38. The molecule has 0 spiro atoms. The number of amides is 2. The molecule has 0 aromatic heterocycles. The fourth-order valence-electron chi connectivity index (χ4n) is 2.80. The Morgan fingerprint density at radius 3 is 2.48 bits per heavy atom. The highest BCUT2D eigenvalue weighted by Crippen LogP contribution is 2.29. The fraction of sp³-hybridized carbons (Fsp3) is 0.167. The molecule has 2 aromatic carbocycles. The molecule has 2 atom stereocenters. The largest absolute Gasteiger partial charge is 0.355 e. The van der Waals surface area contributed by atoms with Crippen molar-refractivity contribution in [3.8, 4) is 0 Å². The van der Waals surface area contributed by atoms with Crippen molar-refractivity contribution in [1.82, 2.24) is 10.7 Å². The lowest BCUT2D eigenvalue weighted by molar-refractivity contribution is -0.133. The van der Waals surface area contributed by atoms with Crippen molar-refractivity contribution >= 4 is 41.2 Å². The van der Waals surface area contributed by atoms with E-state index >= 15 is 0 Å². The predicted octanol–water partition coefficient (Wildman–Crippen LogP) is 2.97. The Balaban J connectivity index is 1.73. The van der Waals surface area contributed by atoms with Gasteiger partial charge in [-0.05, 0) is 17.7 Å². The molecule has 25 heavy (non-hydrogen) atoms. The van der Waals surface area contributed by atoms with Crippen LogP contribution in [0.1, 0.15) is 17.0 Å². The molecule has 128 valence electrons. The van der Waals surface area contributed by atoms with Crippen molar-refractivity contribution in [2.24, 2.45) is 11.0 Å². The number of rotatable bonds is 4. The normalized spacial score (nSPS) is 19.8. The fourth-order valence-corrected chi connectivity index (χ4v) is 3.29. The molecule has 1 saturated heterocycles. The van der Waals surface area contributed by atoms with E-state index < -0.39 is 11.8 Å². The molecule has 1 heterocycles. The van der Waals surface area contributed by atoms with Gasteiger partial charge < -0.3 is 5.32 Å². The monoisotopic (exact) mass is 375 g/mol. The molecule has 2 aromatic rings. The van der Waals surface area contributed by atoms with Gasteiger partial charge in [-0.3, -0.25) is 9.59 Å². The van der Waals surface area contributed by atoms with Gasteiger partial charge in [0.05, 0.1) is 16.3 Å². The standard InChI is InChI=1S/C18H15Cl2N3O2/c19-14-7-4-8-15(20)13(14)10-22-23-18(25)16-12(9-21-17(16)24)11-5-2-1-3-6-11/h1-8,10,12,16H,9H2,(H,21,24)(H,23,25)/b22-10-/t12-,16+/m0/s1. The molecule has 0 aliphatic carbocycles. The van der Waals surface area contributed by atoms with Gasteiger partial charge in [0.15, 0.2) is 0 Å².